The number of carbonyl (C=O) groups is 1. The zero-order valence-electron chi connectivity index (χ0n) is 11.0. The second-order valence-corrected chi connectivity index (χ2v) is 4.31. The summed E-state index contributed by atoms with van der Waals surface area (Å²) in [7, 11) is 0. The van der Waals surface area contributed by atoms with E-state index in [4.69, 9.17) is 4.52 Å². The van der Waals surface area contributed by atoms with E-state index in [-0.39, 0.29) is 22.8 Å². The van der Waals surface area contributed by atoms with Crippen molar-refractivity contribution in [2.75, 3.05) is 6.54 Å². The summed E-state index contributed by atoms with van der Waals surface area (Å²) in [4.78, 5) is 11.9. The van der Waals surface area contributed by atoms with Crippen molar-refractivity contribution in [1.82, 2.24) is 10.5 Å². The molecule has 106 valence electrons. The summed E-state index contributed by atoms with van der Waals surface area (Å²) in [5, 5.41) is 6.26. The first-order valence-electron chi connectivity index (χ1n) is 6.31. The van der Waals surface area contributed by atoms with E-state index < -0.39 is 11.6 Å². The minimum atomic E-state index is -1.00. The number of hydrogen-bond acceptors (Lipinski definition) is 3. The van der Waals surface area contributed by atoms with Gasteiger partial charge in [0, 0.05) is 12.1 Å². The lowest BCUT2D eigenvalue weighted by molar-refractivity contribution is 0.0953. The van der Waals surface area contributed by atoms with Gasteiger partial charge in [-0.05, 0) is 24.6 Å². The Morgan fingerprint density at radius 3 is 2.85 bits per heavy atom. The summed E-state index contributed by atoms with van der Waals surface area (Å²) in [6.07, 6.45) is 3.08. The minimum absolute atomic E-state index is 0.123. The van der Waals surface area contributed by atoms with Crippen LogP contribution >= 0.6 is 0 Å². The summed E-state index contributed by atoms with van der Waals surface area (Å²) in [5.41, 5.74) is 0.467. The molecule has 0 spiro atoms. The van der Waals surface area contributed by atoms with Gasteiger partial charge in [-0.25, -0.2) is 8.78 Å². The highest BCUT2D eigenvalue weighted by Gasteiger charge is 2.18. The van der Waals surface area contributed by atoms with Gasteiger partial charge in [-0.2, -0.15) is 0 Å². The average Bonchev–Trinajstić information content (AvgIpc) is 2.91. The topological polar surface area (TPSA) is 55.1 Å². The molecular weight excluding hydrogens is 266 g/mol. The first-order chi connectivity index (χ1) is 9.63. The van der Waals surface area contributed by atoms with Crippen LogP contribution < -0.4 is 5.32 Å². The number of unbranched alkanes of at least 4 members (excludes halogenated alkanes) is 1. The molecule has 1 heterocycles. The van der Waals surface area contributed by atoms with E-state index in [2.05, 4.69) is 10.5 Å². The molecule has 0 unspecified atom stereocenters. The molecule has 0 aliphatic heterocycles. The zero-order chi connectivity index (χ0) is 14.5. The normalized spacial score (nSPS) is 10.6. The molecule has 0 radical (unpaired) electrons. The molecule has 1 N–H and O–H groups in total. The highest BCUT2D eigenvalue weighted by Crippen LogP contribution is 2.25. The molecule has 6 heteroatoms. The smallest absolute Gasteiger partial charge is 0.256 e. The molecule has 0 atom stereocenters. The summed E-state index contributed by atoms with van der Waals surface area (Å²) in [6, 6.07) is 3.28. The molecular formula is C14H14F2N2O2. The Kier molecular flexibility index (Phi) is 4.45. The Labute approximate surface area is 114 Å². The molecule has 2 aromatic rings. The number of aromatic nitrogens is 1. The summed E-state index contributed by atoms with van der Waals surface area (Å²) in [5.74, 6) is -2.18. The van der Waals surface area contributed by atoms with E-state index >= 15 is 0 Å². The first kappa shape index (κ1) is 14.2. The van der Waals surface area contributed by atoms with Crippen molar-refractivity contribution in [3.05, 3.63) is 41.6 Å². The van der Waals surface area contributed by atoms with E-state index in [9.17, 15) is 13.6 Å². The molecule has 0 bridgehead atoms. The number of nitrogens with zero attached hydrogens (tertiary/aromatic N) is 1. The van der Waals surface area contributed by atoms with Crippen LogP contribution in [0.1, 0.15) is 30.1 Å². The van der Waals surface area contributed by atoms with Crippen molar-refractivity contribution >= 4 is 5.91 Å². The van der Waals surface area contributed by atoms with E-state index in [0.29, 0.717) is 6.54 Å². The minimum Gasteiger partial charge on any atom is -0.355 e. The maximum absolute atomic E-state index is 13.2. The van der Waals surface area contributed by atoms with E-state index in [0.717, 1.165) is 25.0 Å². The molecule has 0 aliphatic rings. The van der Waals surface area contributed by atoms with Crippen LogP contribution in [-0.4, -0.2) is 17.6 Å². The van der Waals surface area contributed by atoms with Gasteiger partial charge >= 0.3 is 0 Å². The van der Waals surface area contributed by atoms with Gasteiger partial charge in [-0.3, -0.25) is 4.79 Å². The van der Waals surface area contributed by atoms with Crippen molar-refractivity contribution in [2.24, 2.45) is 0 Å². The van der Waals surface area contributed by atoms with Crippen LogP contribution in [0.15, 0.2) is 28.9 Å². The van der Waals surface area contributed by atoms with E-state index in [1.165, 1.54) is 12.3 Å². The molecule has 2 rings (SSSR count). The Hall–Kier alpha value is -2.24. The van der Waals surface area contributed by atoms with Gasteiger partial charge in [0.25, 0.3) is 5.91 Å². The molecule has 1 aromatic carbocycles. The first-order valence-corrected chi connectivity index (χ1v) is 6.31. The Morgan fingerprint density at radius 2 is 2.15 bits per heavy atom. The van der Waals surface area contributed by atoms with Gasteiger partial charge < -0.3 is 9.84 Å². The van der Waals surface area contributed by atoms with Crippen molar-refractivity contribution in [3.8, 4) is 11.3 Å². The van der Waals surface area contributed by atoms with Crippen LogP contribution in [0, 0.1) is 11.6 Å². The predicted molar refractivity (Wildman–Crippen MR) is 69.1 cm³/mol. The van der Waals surface area contributed by atoms with E-state index in [1.54, 1.807) is 0 Å². The van der Waals surface area contributed by atoms with E-state index in [1.807, 2.05) is 6.92 Å². The van der Waals surface area contributed by atoms with Gasteiger partial charge in [0.1, 0.15) is 5.56 Å². The summed E-state index contributed by atoms with van der Waals surface area (Å²) >= 11 is 0. The van der Waals surface area contributed by atoms with Crippen LogP contribution in [-0.2, 0) is 0 Å². The molecule has 4 nitrogen and oxygen atoms in total. The lowest BCUT2D eigenvalue weighted by Crippen LogP contribution is -2.24. The van der Waals surface area contributed by atoms with Gasteiger partial charge in [0.2, 0.25) is 0 Å². The fourth-order valence-corrected chi connectivity index (χ4v) is 1.72. The van der Waals surface area contributed by atoms with Crippen LogP contribution in [0.3, 0.4) is 0 Å². The lowest BCUT2D eigenvalue weighted by Gasteiger charge is -2.04. The molecule has 0 aliphatic carbocycles. The number of carbonyl (C=O) groups excluding carboxylic acids is 1. The third kappa shape index (κ3) is 3.01. The van der Waals surface area contributed by atoms with Crippen molar-refractivity contribution in [1.29, 1.82) is 0 Å². The molecule has 1 amide bonds. The number of rotatable bonds is 5. The van der Waals surface area contributed by atoms with Gasteiger partial charge in [0.15, 0.2) is 17.4 Å². The van der Waals surface area contributed by atoms with Crippen LogP contribution in [0.25, 0.3) is 11.3 Å². The maximum atomic E-state index is 13.2. The molecule has 20 heavy (non-hydrogen) atoms. The van der Waals surface area contributed by atoms with Crippen molar-refractivity contribution < 1.29 is 18.1 Å². The number of nitrogens with one attached hydrogen (secondary N) is 1. The SMILES string of the molecule is CCCCNC(=O)c1cnoc1-c1ccc(F)c(F)c1. The van der Waals surface area contributed by atoms with Gasteiger partial charge in [0.05, 0.1) is 6.20 Å². The van der Waals surface area contributed by atoms with Gasteiger partial charge in [-0.15, -0.1) is 0 Å². The Bertz CT molecular complexity index is 611. The quantitative estimate of drug-likeness (QED) is 0.856. The summed E-state index contributed by atoms with van der Waals surface area (Å²) in [6.45, 7) is 2.55. The van der Waals surface area contributed by atoms with Crippen LogP contribution in [0.2, 0.25) is 0 Å². The lowest BCUT2D eigenvalue weighted by atomic mass is 10.1. The highest BCUT2D eigenvalue weighted by atomic mass is 19.2. The fraction of sp³-hybridized carbons (Fsp3) is 0.286. The molecule has 1 aromatic heterocycles. The average molecular weight is 280 g/mol. The Morgan fingerprint density at radius 1 is 1.35 bits per heavy atom. The van der Waals surface area contributed by atoms with Crippen molar-refractivity contribution in [2.45, 2.75) is 19.8 Å². The molecule has 0 saturated heterocycles. The predicted octanol–water partition coefficient (Wildman–Crippen LogP) is 3.15. The largest absolute Gasteiger partial charge is 0.355 e. The third-order valence-electron chi connectivity index (χ3n) is 2.81. The summed E-state index contributed by atoms with van der Waals surface area (Å²) < 4.78 is 31.1. The second kappa shape index (κ2) is 6.27. The second-order valence-electron chi connectivity index (χ2n) is 4.31. The molecule has 0 fully saturated rings. The standard InChI is InChI=1S/C14H14F2N2O2/c1-2-3-6-17-14(19)10-8-18-20-13(10)9-4-5-11(15)12(16)7-9/h4-5,7-8H,2-3,6H2,1H3,(H,17,19). The van der Waals surface area contributed by atoms with Crippen molar-refractivity contribution in [3.63, 3.8) is 0 Å². The van der Waals surface area contributed by atoms with Crippen LogP contribution in [0.5, 0.6) is 0 Å². The highest BCUT2D eigenvalue weighted by molar-refractivity contribution is 5.99. The molecule has 0 saturated carbocycles. The monoisotopic (exact) mass is 280 g/mol. The Balaban J connectivity index is 2.23. The number of amides is 1. The third-order valence-corrected chi connectivity index (χ3v) is 2.81. The van der Waals surface area contributed by atoms with Crippen LogP contribution in [0.4, 0.5) is 8.78 Å². The zero-order valence-corrected chi connectivity index (χ0v) is 11.0. The maximum Gasteiger partial charge on any atom is 0.256 e. The fourth-order valence-electron chi connectivity index (χ4n) is 1.72. The number of hydrogen-bond donors (Lipinski definition) is 1. The number of benzene rings is 1. The van der Waals surface area contributed by atoms with Gasteiger partial charge in [-0.1, -0.05) is 18.5 Å². The number of halogens is 2.